The number of fused-ring (bicyclic) bond motifs is 1. The standard InChI is InChI=1S/C22H28BrN5O5/c1-3-26-20(31)18-19(27(9-10-29)22(26)32)25-21(24-15-5-4-6-16(15)30)28(18)12-13-7-8-17(33-2)14(23)11-13/h7-8,11,15-16,18,29-30H,3-6,9-10,12H2,1-2H3/p+1/t15?,16-,18?/m1/s1. The molecule has 0 bridgehead atoms. The van der Waals surface area contributed by atoms with Gasteiger partial charge in [0.1, 0.15) is 11.8 Å². The van der Waals surface area contributed by atoms with Crippen LogP contribution >= 0.6 is 15.9 Å². The molecule has 4 rings (SSSR count). The van der Waals surface area contributed by atoms with Crippen molar-refractivity contribution >= 4 is 39.7 Å². The zero-order chi connectivity index (χ0) is 23.7. The van der Waals surface area contributed by atoms with Gasteiger partial charge in [-0.2, -0.15) is 0 Å². The molecule has 1 saturated carbocycles. The normalized spacial score (nSPS) is 25.0. The Hall–Kier alpha value is -2.50. The van der Waals surface area contributed by atoms with E-state index in [0.29, 0.717) is 30.5 Å². The molecule has 2 fully saturated rings. The number of likely N-dealkylation sites (N-methyl/N-ethyl adjacent to an activating group) is 1. The molecule has 3 N–H and O–H groups in total. The third-order valence-electron chi connectivity index (χ3n) is 6.29. The van der Waals surface area contributed by atoms with Crippen LogP contribution in [0.2, 0.25) is 0 Å². The predicted molar refractivity (Wildman–Crippen MR) is 124 cm³/mol. The summed E-state index contributed by atoms with van der Waals surface area (Å²) in [5, 5.41) is 23.2. The van der Waals surface area contributed by atoms with Crippen LogP contribution in [-0.2, 0) is 11.3 Å². The number of benzene rings is 1. The Labute approximate surface area is 200 Å². The molecule has 0 aromatic heterocycles. The number of aliphatic imine (C=N–C) groups is 1. The Morgan fingerprint density at radius 1 is 1.30 bits per heavy atom. The van der Waals surface area contributed by atoms with Crippen molar-refractivity contribution < 1.29 is 29.1 Å². The number of hydrogen-bond acceptors (Lipinski definition) is 7. The average Bonchev–Trinajstić information content (AvgIpc) is 3.35. The van der Waals surface area contributed by atoms with Crippen LogP contribution in [0.5, 0.6) is 5.75 Å². The number of carbonyl (C=O) groups is 2. The van der Waals surface area contributed by atoms with Crippen LogP contribution in [0.3, 0.4) is 0 Å². The van der Waals surface area contributed by atoms with Crippen molar-refractivity contribution in [2.24, 2.45) is 4.99 Å². The highest BCUT2D eigenvalue weighted by molar-refractivity contribution is 9.10. The summed E-state index contributed by atoms with van der Waals surface area (Å²) < 4.78 is 7.93. The molecular weight excluding hydrogens is 494 g/mol. The second kappa shape index (κ2) is 9.78. The molecule has 33 heavy (non-hydrogen) atoms. The molecule has 11 heteroatoms. The van der Waals surface area contributed by atoms with Crippen molar-refractivity contribution in [1.82, 2.24) is 15.1 Å². The number of guanidine groups is 1. The molecular formula is C22H29BrN5O5+. The number of amidine groups is 1. The molecule has 2 heterocycles. The first-order chi connectivity index (χ1) is 15.9. The van der Waals surface area contributed by atoms with E-state index < -0.39 is 18.2 Å². The van der Waals surface area contributed by atoms with Crippen molar-refractivity contribution in [1.29, 1.82) is 0 Å². The summed E-state index contributed by atoms with van der Waals surface area (Å²) >= 11 is 3.51. The van der Waals surface area contributed by atoms with Crippen molar-refractivity contribution in [3.8, 4) is 5.75 Å². The van der Waals surface area contributed by atoms with Crippen molar-refractivity contribution in [2.45, 2.75) is 50.9 Å². The number of carbonyl (C=O) groups excluding carboxylic acids is 2. The molecule has 3 amide bonds. The summed E-state index contributed by atoms with van der Waals surface area (Å²) in [6.07, 6.45) is 1.88. The fraction of sp³-hybridized carbons (Fsp3) is 0.545. The molecule has 3 atom stereocenters. The van der Waals surface area contributed by atoms with Crippen molar-refractivity contribution in [3.05, 3.63) is 28.2 Å². The number of rotatable bonds is 7. The SMILES string of the molecule is CCN1C(=O)C2C(=NC(NC3CCC[C@H]3O)=[N+]2Cc2ccc(OC)c(Br)c2)N(CCO)C1=O. The third-order valence-corrected chi connectivity index (χ3v) is 6.91. The minimum Gasteiger partial charge on any atom is -0.496 e. The number of hydrogen-bond donors (Lipinski definition) is 3. The van der Waals surface area contributed by atoms with E-state index in [4.69, 9.17) is 4.74 Å². The minimum absolute atomic E-state index is 0.0409. The number of halogens is 1. The number of imide groups is 1. The Kier molecular flexibility index (Phi) is 7.01. The first kappa shape index (κ1) is 23.7. The topological polar surface area (TPSA) is 118 Å². The lowest BCUT2D eigenvalue weighted by Gasteiger charge is -2.35. The maximum absolute atomic E-state index is 13.4. The average molecular weight is 523 g/mol. The summed E-state index contributed by atoms with van der Waals surface area (Å²) in [4.78, 5) is 33.5. The maximum Gasteiger partial charge on any atom is 0.390 e. The zero-order valence-electron chi connectivity index (χ0n) is 18.7. The number of aliphatic hydroxyl groups excluding tert-OH is 2. The molecule has 1 aromatic rings. The molecule has 178 valence electrons. The summed E-state index contributed by atoms with van der Waals surface area (Å²) in [6, 6.07) is 4.19. The van der Waals surface area contributed by atoms with E-state index in [0.717, 1.165) is 22.9 Å². The summed E-state index contributed by atoms with van der Waals surface area (Å²) in [5.74, 6) is 1.08. The lowest BCUT2D eigenvalue weighted by molar-refractivity contribution is -0.553. The van der Waals surface area contributed by atoms with Crippen LogP contribution in [-0.4, -0.2) is 93.3 Å². The second-order valence-electron chi connectivity index (χ2n) is 8.28. The van der Waals surface area contributed by atoms with Gasteiger partial charge < -0.3 is 14.9 Å². The number of ether oxygens (including phenoxy) is 1. The van der Waals surface area contributed by atoms with E-state index in [9.17, 15) is 19.8 Å². The van der Waals surface area contributed by atoms with Gasteiger partial charge >= 0.3 is 12.0 Å². The van der Waals surface area contributed by atoms with Gasteiger partial charge in [-0.3, -0.25) is 19.9 Å². The monoisotopic (exact) mass is 522 g/mol. The molecule has 2 unspecified atom stereocenters. The maximum atomic E-state index is 13.4. The highest BCUT2D eigenvalue weighted by atomic mass is 79.9. The van der Waals surface area contributed by atoms with Gasteiger partial charge in [0, 0.05) is 6.54 Å². The van der Waals surface area contributed by atoms with Gasteiger partial charge in [0.2, 0.25) is 11.9 Å². The van der Waals surface area contributed by atoms with Crippen LogP contribution in [0.1, 0.15) is 31.7 Å². The van der Waals surface area contributed by atoms with Crippen LogP contribution in [0.4, 0.5) is 4.79 Å². The van der Waals surface area contributed by atoms with Gasteiger partial charge in [-0.1, -0.05) is 11.1 Å². The largest absolute Gasteiger partial charge is 0.496 e. The summed E-state index contributed by atoms with van der Waals surface area (Å²) in [6.45, 7) is 2.09. The van der Waals surface area contributed by atoms with Gasteiger partial charge in [0.05, 0.1) is 37.4 Å². The summed E-state index contributed by atoms with van der Waals surface area (Å²) in [5.41, 5.74) is 0.909. The molecule has 10 nitrogen and oxygen atoms in total. The van der Waals surface area contributed by atoms with E-state index in [2.05, 4.69) is 26.2 Å². The highest BCUT2D eigenvalue weighted by Crippen LogP contribution is 2.28. The lowest BCUT2D eigenvalue weighted by atomic mass is 10.1. The fourth-order valence-electron chi connectivity index (χ4n) is 4.60. The zero-order valence-corrected chi connectivity index (χ0v) is 20.3. The quantitative estimate of drug-likeness (QED) is 0.457. The Bertz CT molecular complexity index is 1010. The number of β-amino-alcohol motifs (C(OH)–C–C–N with tert-alkyl or cyclic N) is 1. The Morgan fingerprint density at radius 3 is 2.70 bits per heavy atom. The van der Waals surface area contributed by atoms with Crippen LogP contribution in [0.25, 0.3) is 0 Å². The van der Waals surface area contributed by atoms with Gasteiger partial charge in [-0.05, 0) is 59.8 Å². The van der Waals surface area contributed by atoms with Crippen LogP contribution in [0, 0.1) is 0 Å². The van der Waals surface area contributed by atoms with Crippen molar-refractivity contribution in [2.75, 3.05) is 26.8 Å². The first-order valence-corrected chi connectivity index (χ1v) is 11.9. The molecule has 1 saturated heterocycles. The van der Waals surface area contributed by atoms with Gasteiger partial charge in [0.25, 0.3) is 5.91 Å². The summed E-state index contributed by atoms with van der Waals surface area (Å²) in [7, 11) is 1.59. The van der Waals surface area contributed by atoms with Gasteiger partial charge in [-0.15, -0.1) is 0 Å². The molecule has 0 radical (unpaired) electrons. The number of amides is 3. The number of aliphatic hydroxyl groups is 2. The molecule has 3 aliphatic rings. The second-order valence-corrected chi connectivity index (χ2v) is 9.14. The Morgan fingerprint density at radius 2 is 2.09 bits per heavy atom. The first-order valence-electron chi connectivity index (χ1n) is 11.1. The van der Waals surface area contributed by atoms with Crippen LogP contribution in [0.15, 0.2) is 27.7 Å². The molecule has 2 aliphatic heterocycles. The molecule has 1 aliphatic carbocycles. The Balaban J connectivity index is 1.75. The van der Waals surface area contributed by atoms with Gasteiger partial charge in [-0.25, -0.2) is 9.37 Å². The number of nitrogens with zero attached hydrogens (tertiary/aromatic N) is 4. The van der Waals surface area contributed by atoms with Gasteiger partial charge in [0.15, 0.2) is 0 Å². The molecule has 0 spiro atoms. The third kappa shape index (κ3) is 4.36. The smallest absolute Gasteiger partial charge is 0.390 e. The van der Waals surface area contributed by atoms with E-state index in [1.54, 1.807) is 14.0 Å². The highest BCUT2D eigenvalue weighted by Gasteiger charge is 2.53. The lowest BCUT2D eigenvalue weighted by Crippen LogP contribution is -2.64. The van der Waals surface area contributed by atoms with E-state index in [1.807, 2.05) is 22.8 Å². The number of methoxy groups -OCH3 is 1. The minimum atomic E-state index is -0.809. The number of urea groups is 1. The van der Waals surface area contributed by atoms with E-state index >= 15 is 0 Å². The fourth-order valence-corrected chi connectivity index (χ4v) is 5.18. The van der Waals surface area contributed by atoms with E-state index in [1.165, 1.54) is 9.80 Å². The van der Waals surface area contributed by atoms with E-state index in [-0.39, 0.29) is 31.6 Å². The van der Waals surface area contributed by atoms with Crippen LogP contribution < -0.4 is 10.1 Å². The molecule has 1 aromatic carbocycles. The predicted octanol–water partition coefficient (Wildman–Crippen LogP) is 0.886. The van der Waals surface area contributed by atoms with Crippen molar-refractivity contribution in [3.63, 3.8) is 0 Å². The number of nitrogens with one attached hydrogen (secondary N) is 1.